The van der Waals surface area contributed by atoms with E-state index in [0.29, 0.717) is 10.7 Å². The highest BCUT2D eigenvalue weighted by molar-refractivity contribution is 8.00. The van der Waals surface area contributed by atoms with Crippen LogP contribution in [0.5, 0.6) is 0 Å². The van der Waals surface area contributed by atoms with Crippen LogP contribution in [0.4, 0.5) is 5.69 Å². The lowest BCUT2D eigenvalue weighted by Gasteiger charge is -2.06. The van der Waals surface area contributed by atoms with Crippen molar-refractivity contribution in [2.45, 2.75) is 6.42 Å². The van der Waals surface area contributed by atoms with Gasteiger partial charge in [-0.1, -0.05) is 11.6 Å². The van der Waals surface area contributed by atoms with Gasteiger partial charge in [0.15, 0.2) is 6.61 Å². The molecule has 2 amide bonds. The molecule has 0 aliphatic rings. The molecular formula is C15H16ClN3O4S. The largest absolute Gasteiger partial charge is 0.455 e. The number of hydrogen-bond acceptors (Lipinski definition) is 6. The molecule has 0 spiro atoms. The Labute approximate surface area is 148 Å². The number of carbonyl (C=O) groups excluding carboxylic acids is 3. The van der Waals surface area contributed by atoms with Gasteiger partial charge in [0, 0.05) is 17.3 Å². The van der Waals surface area contributed by atoms with E-state index in [1.807, 2.05) is 6.07 Å². The molecule has 0 unspecified atom stereocenters. The lowest BCUT2D eigenvalue weighted by atomic mass is 10.3. The van der Waals surface area contributed by atoms with Gasteiger partial charge < -0.3 is 15.4 Å². The summed E-state index contributed by atoms with van der Waals surface area (Å²) in [6.45, 7) is -0.186. The number of anilines is 1. The van der Waals surface area contributed by atoms with Crippen LogP contribution in [0.1, 0.15) is 6.42 Å². The third-order valence-corrected chi connectivity index (χ3v) is 3.66. The van der Waals surface area contributed by atoms with Crippen molar-refractivity contribution in [3.63, 3.8) is 0 Å². The second kappa shape index (κ2) is 11.3. The number of rotatable bonds is 9. The van der Waals surface area contributed by atoms with Crippen molar-refractivity contribution in [2.24, 2.45) is 0 Å². The van der Waals surface area contributed by atoms with E-state index >= 15 is 0 Å². The summed E-state index contributed by atoms with van der Waals surface area (Å²) >= 11 is 6.82. The number of esters is 1. The topological polar surface area (TPSA) is 108 Å². The van der Waals surface area contributed by atoms with Crippen molar-refractivity contribution < 1.29 is 19.1 Å². The normalized spacial score (nSPS) is 9.67. The lowest BCUT2D eigenvalue weighted by molar-refractivity contribution is -0.145. The van der Waals surface area contributed by atoms with E-state index in [2.05, 4.69) is 10.6 Å². The Kier molecular flexibility index (Phi) is 9.34. The van der Waals surface area contributed by atoms with Gasteiger partial charge in [0.05, 0.1) is 24.0 Å². The fourth-order valence-corrected chi connectivity index (χ4v) is 2.19. The summed E-state index contributed by atoms with van der Waals surface area (Å²) in [6, 6.07) is 8.53. The number of halogens is 1. The van der Waals surface area contributed by atoms with Gasteiger partial charge in [0.1, 0.15) is 0 Å². The number of ether oxygens (including phenoxy) is 1. The minimum atomic E-state index is -0.588. The number of carbonyl (C=O) groups is 3. The van der Waals surface area contributed by atoms with E-state index in [4.69, 9.17) is 21.6 Å². The standard InChI is InChI=1S/C15H16ClN3O4S/c16-11-2-4-12(5-3-11)19-14(21)9-24-10-15(22)23-8-13(20)18-7-1-6-17/h2-5H,1,7-10H2,(H,18,20)(H,19,21). The molecule has 128 valence electrons. The molecule has 0 aliphatic heterocycles. The summed E-state index contributed by atoms with van der Waals surface area (Å²) in [5.74, 6) is -1.28. The molecule has 2 N–H and O–H groups in total. The molecule has 9 heteroatoms. The molecule has 0 heterocycles. The highest BCUT2D eigenvalue weighted by Crippen LogP contribution is 2.13. The zero-order chi connectivity index (χ0) is 17.8. The van der Waals surface area contributed by atoms with E-state index in [1.165, 1.54) is 0 Å². The predicted molar refractivity (Wildman–Crippen MR) is 91.6 cm³/mol. The van der Waals surface area contributed by atoms with Crippen molar-refractivity contribution in [3.8, 4) is 6.07 Å². The Bertz CT molecular complexity index is 616. The van der Waals surface area contributed by atoms with Crippen LogP contribution < -0.4 is 10.6 Å². The fraction of sp³-hybridized carbons (Fsp3) is 0.333. The second-order valence-corrected chi connectivity index (χ2v) is 5.89. The molecule has 1 rings (SSSR count). The first kappa shape index (κ1) is 19.8. The zero-order valence-corrected chi connectivity index (χ0v) is 14.3. The van der Waals surface area contributed by atoms with Crippen LogP contribution in [0.15, 0.2) is 24.3 Å². The number of nitrogens with one attached hydrogen (secondary N) is 2. The maximum Gasteiger partial charge on any atom is 0.316 e. The number of nitrogens with zero attached hydrogens (tertiary/aromatic N) is 1. The zero-order valence-electron chi connectivity index (χ0n) is 12.7. The van der Waals surface area contributed by atoms with Crippen LogP contribution in [0.2, 0.25) is 5.02 Å². The van der Waals surface area contributed by atoms with E-state index in [-0.39, 0.29) is 30.4 Å². The van der Waals surface area contributed by atoms with Gasteiger partial charge >= 0.3 is 5.97 Å². The van der Waals surface area contributed by atoms with E-state index in [9.17, 15) is 14.4 Å². The Balaban J connectivity index is 2.14. The first-order valence-electron chi connectivity index (χ1n) is 6.93. The first-order valence-corrected chi connectivity index (χ1v) is 8.47. The Morgan fingerprint density at radius 2 is 1.88 bits per heavy atom. The van der Waals surface area contributed by atoms with Gasteiger partial charge in [-0.05, 0) is 24.3 Å². The monoisotopic (exact) mass is 369 g/mol. The molecule has 0 fully saturated rings. The number of nitriles is 1. The van der Waals surface area contributed by atoms with Gasteiger partial charge in [-0.3, -0.25) is 14.4 Å². The molecule has 1 aromatic rings. The first-order chi connectivity index (χ1) is 11.5. The van der Waals surface area contributed by atoms with Crippen molar-refractivity contribution in [1.82, 2.24) is 5.32 Å². The maximum absolute atomic E-state index is 11.7. The van der Waals surface area contributed by atoms with Crippen molar-refractivity contribution in [1.29, 1.82) is 5.26 Å². The Morgan fingerprint density at radius 1 is 1.17 bits per heavy atom. The average Bonchev–Trinajstić information content (AvgIpc) is 2.55. The lowest BCUT2D eigenvalue weighted by Crippen LogP contribution is -2.29. The van der Waals surface area contributed by atoms with E-state index in [1.54, 1.807) is 24.3 Å². The highest BCUT2D eigenvalue weighted by Gasteiger charge is 2.09. The molecule has 0 saturated heterocycles. The van der Waals surface area contributed by atoms with Crippen LogP contribution >= 0.6 is 23.4 Å². The second-order valence-electron chi connectivity index (χ2n) is 4.47. The SMILES string of the molecule is N#CCCNC(=O)COC(=O)CSCC(=O)Nc1ccc(Cl)cc1. The fourth-order valence-electron chi connectivity index (χ4n) is 1.45. The molecule has 0 aromatic heterocycles. The predicted octanol–water partition coefficient (Wildman–Crippen LogP) is 1.58. The van der Waals surface area contributed by atoms with Crippen LogP contribution in [-0.2, 0) is 19.1 Å². The number of amides is 2. The summed E-state index contributed by atoms with van der Waals surface area (Å²) in [7, 11) is 0. The summed E-state index contributed by atoms with van der Waals surface area (Å²) in [5.41, 5.74) is 0.613. The highest BCUT2D eigenvalue weighted by atomic mass is 35.5. The molecule has 24 heavy (non-hydrogen) atoms. The smallest absolute Gasteiger partial charge is 0.316 e. The Morgan fingerprint density at radius 3 is 2.54 bits per heavy atom. The van der Waals surface area contributed by atoms with Gasteiger partial charge in [-0.25, -0.2) is 0 Å². The van der Waals surface area contributed by atoms with Gasteiger partial charge in [0.2, 0.25) is 5.91 Å². The quantitative estimate of drug-likeness (QED) is 0.505. The van der Waals surface area contributed by atoms with Gasteiger partial charge in [-0.2, -0.15) is 5.26 Å². The van der Waals surface area contributed by atoms with Crippen LogP contribution in [0.3, 0.4) is 0 Å². The molecule has 0 radical (unpaired) electrons. The van der Waals surface area contributed by atoms with Gasteiger partial charge in [-0.15, -0.1) is 11.8 Å². The summed E-state index contributed by atoms with van der Waals surface area (Å²) in [4.78, 5) is 34.4. The van der Waals surface area contributed by atoms with E-state index in [0.717, 1.165) is 11.8 Å². The minimum Gasteiger partial charge on any atom is -0.455 e. The molecule has 0 saturated carbocycles. The number of benzene rings is 1. The molecule has 0 atom stereocenters. The molecular weight excluding hydrogens is 354 g/mol. The van der Waals surface area contributed by atoms with Crippen molar-refractivity contribution in [2.75, 3.05) is 30.0 Å². The van der Waals surface area contributed by atoms with Crippen LogP contribution in [0, 0.1) is 11.3 Å². The van der Waals surface area contributed by atoms with Gasteiger partial charge in [0.25, 0.3) is 5.91 Å². The van der Waals surface area contributed by atoms with Crippen molar-refractivity contribution >= 4 is 46.8 Å². The molecule has 1 aromatic carbocycles. The number of thioether (sulfide) groups is 1. The van der Waals surface area contributed by atoms with Crippen LogP contribution in [-0.4, -0.2) is 42.4 Å². The maximum atomic E-state index is 11.7. The minimum absolute atomic E-state index is 0.0421. The van der Waals surface area contributed by atoms with E-state index < -0.39 is 18.5 Å². The summed E-state index contributed by atoms with van der Waals surface area (Å²) in [6.07, 6.45) is 0.193. The third kappa shape index (κ3) is 9.02. The van der Waals surface area contributed by atoms with Crippen molar-refractivity contribution in [3.05, 3.63) is 29.3 Å². The number of hydrogen-bond donors (Lipinski definition) is 2. The van der Waals surface area contributed by atoms with Crippen LogP contribution in [0.25, 0.3) is 0 Å². The summed E-state index contributed by atoms with van der Waals surface area (Å²) < 4.78 is 4.75. The molecule has 7 nitrogen and oxygen atoms in total. The Hall–Kier alpha value is -2.24. The average molecular weight is 370 g/mol. The summed E-state index contributed by atoms with van der Waals surface area (Å²) in [5, 5.41) is 14.0. The third-order valence-electron chi connectivity index (χ3n) is 2.50. The molecule has 0 aliphatic carbocycles. The molecule has 0 bridgehead atoms.